The zero-order valence-corrected chi connectivity index (χ0v) is 15.4. The van der Waals surface area contributed by atoms with Crippen LogP contribution in [-0.2, 0) is 14.8 Å². The largest absolute Gasteiger partial charge is 0.324 e. The fourth-order valence-corrected chi connectivity index (χ4v) is 3.79. The molecule has 0 fully saturated rings. The number of rotatable bonds is 5. The lowest BCUT2D eigenvalue weighted by atomic mass is 10.2. The first-order valence-electron chi connectivity index (χ1n) is 7.01. The average Bonchev–Trinajstić information content (AvgIpc) is 2.48. The number of carbonyl (C=O) groups is 1. The summed E-state index contributed by atoms with van der Waals surface area (Å²) in [6.45, 7) is 3.17. The van der Waals surface area contributed by atoms with E-state index in [0.29, 0.717) is 16.3 Å². The lowest BCUT2D eigenvalue weighted by Gasteiger charge is -2.11. The van der Waals surface area contributed by atoms with E-state index in [1.165, 1.54) is 12.1 Å². The first-order valence-corrected chi connectivity index (χ1v) is 9.25. The van der Waals surface area contributed by atoms with E-state index >= 15 is 0 Å². The standard InChI is InChI=1S/C16H16Cl2N2O3S/c1-10-3-6-15(11(2)7-10)24(22,23)19-9-16(21)20-14-5-4-12(17)8-13(14)18/h3-8,19H,9H2,1-2H3,(H,20,21). The Kier molecular flexibility index (Phi) is 5.87. The minimum absolute atomic E-state index is 0.144. The zero-order chi connectivity index (χ0) is 17.9. The van der Waals surface area contributed by atoms with Crippen molar-refractivity contribution in [3.8, 4) is 0 Å². The number of anilines is 1. The Labute approximate surface area is 151 Å². The van der Waals surface area contributed by atoms with E-state index in [-0.39, 0.29) is 9.92 Å². The second kappa shape index (κ2) is 7.53. The van der Waals surface area contributed by atoms with Gasteiger partial charge >= 0.3 is 0 Å². The number of nitrogens with one attached hydrogen (secondary N) is 2. The Balaban J connectivity index is 2.05. The van der Waals surface area contributed by atoms with Gasteiger partial charge in [0.1, 0.15) is 0 Å². The molecule has 0 atom stereocenters. The van der Waals surface area contributed by atoms with Gasteiger partial charge in [0.15, 0.2) is 0 Å². The van der Waals surface area contributed by atoms with Gasteiger partial charge in [0.05, 0.1) is 22.2 Å². The van der Waals surface area contributed by atoms with Crippen molar-refractivity contribution in [1.82, 2.24) is 4.72 Å². The van der Waals surface area contributed by atoms with E-state index in [2.05, 4.69) is 10.0 Å². The highest BCUT2D eigenvalue weighted by Crippen LogP contribution is 2.25. The number of aryl methyl sites for hydroxylation is 2. The molecule has 0 saturated heterocycles. The highest BCUT2D eigenvalue weighted by molar-refractivity contribution is 7.89. The van der Waals surface area contributed by atoms with E-state index in [4.69, 9.17) is 23.2 Å². The molecule has 8 heteroatoms. The normalized spacial score (nSPS) is 11.3. The summed E-state index contributed by atoms with van der Waals surface area (Å²) < 4.78 is 26.9. The molecule has 2 N–H and O–H groups in total. The quantitative estimate of drug-likeness (QED) is 0.824. The van der Waals surface area contributed by atoms with Gasteiger partial charge in [-0.05, 0) is 43.7 Å². The zero-order valence-electron chi connectivity index (χ0n) is 13.1. The minimum atomic E-state index is -3.78. The van der Waals surface area contributed by atoms with Gasteiger partial charge in [-0.2, -0.15) is 0 Å². The van der Waals surface area contributed by atoms with Gasteiger partial charge in [-0.15, -0.1) is 0 Å². The van der Waals surface area contributed by atoms with Crippen LogP contribution >= 0.6 is 23.2 Å². The molecule has 2 aromatic rings. The number of sulfonamides is 1. The van der Waals surface area contributed by atoms with Crippen LogP contribution in [0.15, 0.2) is 41.3 Å². The third-order valence-corrected chi connectivity index (χ3v) is 5.36. The third kappa shape index (κ3) is 4.70. The van der Waals surface area contributed by atoms with Crippen molar-refractivity contribution < 1.29 is 13.2 Å². The highest BCUT2D eigenvalue weighted by Gasteiger charge is 2.18. The van der Waals surface area contributed by atoms with Gasteiger partial charge in [0.25, 0.3) is 0 Å². The molecule has 0 aliphatic rings. The van der Waals surface area contributed by atoms with E-state index in [1.807, 2.05) is 6.92 Å². The average molecular weight is 387 g/mol. The van der Waals surface area contributed by atoms with Crippen molar-refractivity contribution in [3.63, 3.8) is 0 Å². The highest BCUT2D eigenvalue weighted by atomic mass is 35.5. The summed E-state index contributed by atoms with van der Waals surface area (Å²) in [4.78, 5) is 12.1. The molecule has 5 nitrogen and oxygen atoms in total. The molecule has 128 valence electrons. The second-order valence-corrected chi connectivity index (χ2v) is 7.84. The SMILES string of the molecule is Cc1ccc(S(=O)(=O)NCC(=O)Nc2ccc(Cl)cc2Cl)c(C)c1. The first-order chi connectivity index (χ1) is 11.2. The van der Waals surface area contributed by atoms with Gasteiger partial charge < -0.3 is 5.32 Å². The first kappa shape index (κ1) is 18.7. The maximum atomic E-state index is 12.3. The lowest BCUT2D eigenvalue weighted by Crippen LogP contribution is -2.33. The van der Waals surface area contributed by atoms with Crippen LogP contribution in [0.1, 0.15) is 11.1 Å². The molecule has 0 spiro atoms. The number of carbonyl (C=O) groups excluding carboxylic acids is 1. The molecule has 0 aliphatic heterocycles. The van der Waals surface area contributed by atoms with Crippen molar-refractivity contribution in [2.24, 2.45) is 0 Å². The predicted molar refractivity (Wildman–Crippen MR) is 96.2 cm³/mol. The van der Waals surface area contributed by atoms with Gasteiger partial charge in [-0.1, -0.05) is 40.9 Å². The fourth-order valence-electron chi connectivity index (χ4n) is 2.12. The smallest absolute Gasteiger partial charge is 0.241 e. The maximum absolute atomic E-state index is 12.3. The van der Waals surface area contributed by atoms with Crippen LogP contribution in [0.3, 0.4) is 0 Å². The van der Waals surface area contributed by atoms with E-state index in [1.54, 1.807) is 31.2 Å². The molecule has 1 amide bonds. The molecule has 0 radical (unpaired) electrons. The monoisotopic (exact) mass is 386 g/mol. The van der Waals surface area contributed by atoms with Crippen molar-refractivity contribution in [3.05, 3.63) is 57.6 Å². The van der Waals surface area contributed by atoms with Crippen molar-refractivity contribution >= 4 is 44.8 Å². The Hall–Kier alpha value is -1.60. The Bertz CT molecular complexity index is 883. The number of halogens is 2. The van der Waals surface area contributed by atoms with E-state index < -0.39 is 22.5 Å². The number of benzene rings is 2. The van der Waals surface area contributed by atoms with E-state index in [9.17, 15) is 13.2 Å². The van der Waals surface area contributed by atoms with Crippen molar-refractivity contribution in [2.45, 2.75) is 18.7 Å². The molecule has 24 heavy (non-hydrogen) atoms. The Morgan fingerprint density at radius 2 is 1.79 bits per heavy atom. The van der Waals surface area contributed by atoms with Crippen LogP contribution in [0.25, 0.3) is 0 Å². The molecule has 0 unspecified atom stereocenters. The molecule has 0 aromatic heterocycles. The van der Waals surface area contributed by atoms with Gasteiger partial charge in [-0.3, -0.25) is 4.79 Å². The number of hydrogen-bond donors (Lipinski definition) is 2. The van der Waals surface area contributed by atoms with E-state index in [0.717, 1.165) is 5.56 Å². The third-order valence-electron chi connectivity index (χ3n) is 3.25. The van der Waals surface area contributed by atoms with Gasteiger partial charge in [0, 0.05) is 5.02 Å². The summed E-state index contributed by atoms with van der Waals surface area (Å²) >= 11 is 11.7. The fraction of sp³-hybridized carbons (Fsp3) is 0.188. The van der Waals surface area contributed by atoms with Gasteiger partial charge in [-0.25, -0.2) is 13.1 Å². The number of hydrogen-bond acceptors (Lipinski definition) is 3. The molecule has 0 aliphatic carbocycles. The van der Waals surface area contributed by atoms with Crippen molar-refractivity contribution in [2.75, 3.05) is 11.9 Å². The van der Waals surface area contributed by atoms with Crippen molar-refractivity contribution in [1.29, 1.82) is 0 Å². The minimum Gasteiger partial charge on any atom is -0.324 e. The molecule has 2 aromatic carbocycles. The molecule has 0 saturated carbocycles. The summed E-state index contributed by atoms with van der Waals surface area (Å²) in [5, 5.41) is 3.24. The molecule has 0 heterocycles. The van der Waals surface area contributed by atoms with Gasteiger partial charge in [0.2, 0.25) is 15.9 Å². The number of amides is 1. The molecular weight excluding hydrogens is 371 g/mol. The Morgan fingerprint density at radius 1 is 1.08 bits per heavy atom. The Morgan fingerprint density at radius 3 is 2.42 bits per heavy atom. The summed E-state index contributed by atoms with van der Waals surface area (Å²) in [6, 6.07) is 9.58. The molecule has 0 bridgehead atoms. The van der Waals surface area contributed by atoms with Crippen LogP contribution in [-0.4, -0.2) is 20.9 Å². The molecular formula is C16H16Cl2N2O3S. The summed E-state index contributed by atoms with van der Waals surface area (Å²) in [7, 11) is -3.78. The maximum Gasteiger partial charge on any atom is 0.241 e. The van der Waals surface area contributed by atoms with Crippen LogP contribution in [0, 0.1) is 13.8 Å². The lowest BCUT2D eigenvalue weighted by molar-refractivity contribution is -0.115. The predicted octanol–water partition coefficient (Wildman–Crippen LogP) is 3.53. The summed E-state index contributed by atoms with van der Waals surface area (Å²) in [6.07, 6.45) is 0. The molecule has 2 rings (SSSR count). The summed E-state index contributed by atoms with van der Waals surface area (Å²) in [5.74, 6) is -0.535. The second-order valence-electron chi connectivity index (χ2n) is 5.27. The van der Waals surface area contributed by atoms with Crippen LogP contribution in [0.5, 0.6) is 0 Å². The van der Waals surface area contributed by atoms with Crippen LogP contribution < -0.4 is 10.0 Å². The van der Waals surface area contributed by atoms with Crippen LogP contribution in [0.2, 0.25) is 10.0 Å². The topological polar surface area (TPSA) is 75.3 Å². The van der Waals surface area contributed by atoms with Crippen LogP contribution in [0.4, 0.5) is 5.69 Å². The summed E-state index contributed by atoms with van der Waals surface area (Å²) in [5.41, 5.74) is 1.93.